The second kappa shape index (κ2) is 6.52. The Morgan fingerprint density at radius 2 is 2.04 bits per heavy atom. The molecule has 1 saturated heterocycles. The number of nitrogens with zero attached hydrogens (tertiary/aromatic N) is 3. The van der Waals surface area contributed by atoms with Crippen molar-refractivity contribution in [2.24, 2.45) is 7.05 Å². The van der Waals surface area contributed by atoms with Crippen molar-refractivity contribution in [1.29, 1.82) is 0 Å². The molecule has 0 bridgehead atoms. The topological polar surface area (TPSA) is 79.5 Å². The van der Waals surface area contributed by atoms with E-state index in [1.54, 1.807) is 23.6 Å². The van der Waals surface area contributed by atoms with Crippen molar-refractivity contribution in [3.8, 4) is 5.69 Å². The van der Waals surface area contributed by atoms with Crippen molar-refractivity contribution < 1.29 is 9.90 Å². The molecule has 24 heavy (non-hydrogen) atoms. The zero-order valence-corrected chi connectivity index (χ0v) is 13.9. The van der Waals surface area contributed by atoms with Crippen molar-refractivity contribution >= 4 is 11.7 Å². The molecule has 2 heterocycles. The zero-order valence-electron chi connectivity index (χ0n) is 13.9. The Morgan fingerprint density at radius 3 is 2.71 bits per heavy atom. The first kappa shape index (κ1) is 16.3. The van der Waals surface area contributed by atoms with E-state index in [0.717, 1.165) is 18.5 Å². The number of rotatable bonds is 3. The number of anilines is 1. The highest BCUT2D eigenvalue weighted by Gasteiger charge is 2.29. The van der Waals surface area contributed by atoms with Gasteiger partial charge in [-0.2, -0.15) is 0 Å². The van der Waals surface area contributed by atoms with Crippen molar-refractivity contribution in [2.75, 3.05) is 18.5 Å². The number of hydrogen-bond acceptors (Lipinski definition) is 3. The number of para-hydroxylation sites is 1. The van der Waals surface area contributed by atoms with Crippen LogP contribution in [0.2, 0.25) is 0 Å². The highest BCUT2D eigenvalue weighted by atomic mass is 16.3. The summed E-state index contributed by atoms with van der Waals surface area (Å²) in [6.45, 7) is 2.33. The van der Waals surface area contributed by atoms with E-state index in [1.165, 1.54) is 4.68 Å². The number of carbonyl (C=O) groups excluding carboxylic acids is 1. The molecule has 2 N–H and O–H groups in total. The summed E-state index contributed by atoms with van der Waals surface area (Å²) in [5.74, 6) is 0. The Labute approximate surface area is 140 Å². The lowest BCUT2D eigenvalue weighted by Crippen LogP contribution is -2.41. The SMILES string of the molecule is Cc1c(NC(=O)N2CCC[C@H]2CO)c(=O)n(-c2ccccc2)n1C. The lowest BCUT2D eigenvalue weighted by molar-refractivity contribution is 0.166. The van der Waals surface area contributed by atoms with Gasteiger partial charge in [-0.15, -0.1) is 0 Å². The predicted octanol–water partition coefficient (Wildman–Crippen LogP) is 1.47. The third kappa shape index (κ3) is 2.71. The van der Waals surface area contributed by atoms with Gasteiger partial charge in [0.25, 0.3) is 5.56 Å². The van der Waals surface area contributed by atoms with Gasteiger partial charge in [-0.25, -0.2) is 9.48 Å². The van der Waals surface area contributed by atoms with Gasteiger partial charge in [-0.05, 0) is 31.9 Å². The van der Waals surface area contributed by atoms with Crippen LogP contribution in [0.1, 0.15) is 18.5 Å². The molecule has 1 aliphatic heterocycles. The van der Waals surface area contributed by atoms with Crippen molar-refractivity contribution in [1.82, 2.24) is 14.3 Å². The van der Waals surface area contributed by atoms with E-state index >= 15 is 0 Å². The molecule has 0 aliphatic carbocycles. The third-order valence-corrected chi connectivity index (χ3v) is 4.63. The standard InChI is InChI=1S/C17H22N4O3/c1-12-15(18-17(24)20-10-6-9-14(20)11-22)16(23)21(19(12)2)13-7-4-3-5-8-13/h3-5,7-8,14,22H,6,9-11H2,1-2H3,(H,18,24)/t14-/m0/s1. The summed E-state index contributed by atoms with van der Waals surface area (Å²) in [5.41, 5.74) is 1.42. The Balaban J connectivity index is 1.92. The van der Waals surface area contributed by atoms with Crippen LogP contribution in [0.25, 0.3) is 5.69 Å². The van der Waals surface area contributed by atoms with Gasteiger partial charge in [-0.1, -0.05) is 18.2 Å². The van der Waals surface area contributed by atoms with Crippen molar-refractivity contribution in [3.63, 3.8) is 0 Å². The fraction of sp³-hybridized carbons (Fsp3) is 0.412. The maximum Gasteiger partial charge on any atom is 0.322 e. The molecule has 0 spiro atoms. The smallest absolute Gasteiger partial charge is 0.322 e. The van der Waals surface area contributed by atoms with E-state index in [9.17, 15) is 14.7 Å². The van der Waals surface area contributed by atoms with Crippen molar-refractivity contribution in [2.45, 2.75) is 25.8 Å². The van der Waals surface area contributed by atoms with Crippen LogP contribution in [0.3, 0.4) is 0 Å². The predicted molar refractivity (Wildman–Crippen MR) is 91.6 cm³/mol. The van der Waals surface area contributed by atoms with Gasteiger partial charge in [0.15, 0.2) is 0 Å². The molecule has 7 heteroatoms. The summed E-state index contributed by atoms with van der Waals surface area (Å²) in [7, 11) is 1.78. The highest BCUT2D eigenvalue weighted by molar-refractivity contribution is 5.90. The van der Waals surface area contributed by atoms with E-state index in [2.05, 4.69) is 5.32 Å². The molecule has 7 nitrogen and oxygen atoms in total. The van der Waals surface area contributed by atoms with E-state index in [-0.39, 0.29) is 29.9 Å². The van der Waals surface area contributed by atoms with Crippen LogP contribution in [0.15, 0.2) is 35.1 Å². The average Bonchev–Trinajstić information content (AvgIpc) is 3.15. The Kier molecular flexibility index (Phi) is 4.44. The number of likely N-dealkylation sites (tertiary alicyclic amines) is 1. The van der Waals surface area contributed by atoms with Gasteiger partial charge in [-0.3, -0.25) is 9.48 Å². The second-order valence-electron chi connectivity index (χ2n) is 6.04. The Hall–Kier alpha value is -2.54. The quantitative estimate of drug-likeness (QED) is 0.894. The largest absolute Gasteiger partial charge is 0.394 e. The number of aliphatic hydroxyl groups excluding tert-OH is 1. The summed E-state index contributed by atoms with van der Waals surface area (Å²) < 4.78 is 3.25. The number of nitrogens with one attached hydrogen (secondary N) is 1. The maximum atomic E-state index is 12.8. The lowest BCUT2D eigenvalue weighted by Gasteiger charge is -2.22. The molecule has 3 rings (SSSR count). The van der Waals surface area contributed by atoms with Crippen LogP contribution in [-0.2, 0) is 7.05 Å². The number of hydrogen-bond donors (Lipinski definition) is 2. The number of carbonyl (C=O) groups is 1. The first-order valence-electron chi connectivity index (χ1n) is 8.07. The molecule has 128 valence electrons. The lowest BCUT2D eigenvalue weighted by atomic mass is 10.2. The van der Waals surface area contributed by atoms with Gasteiger partial charge < -0.3 is 15.3 Å². The van der Waals surface area contributed by atoms with E-state index < -0.39 is 0 Å². The summed E-state index contributed by atoms with van der Waals surface area (Å²) in [6.07, 6.45) is 1.65. The van der Waals surface area contributed by atoms with Gasteiger partial charge >= 0.3 is 6.03 Å². The van der Waals surface area contributed by atoms with Crippen LogP contribution in [0.5, 0.6) is 0 Å². The number of benzene rings is 1. The molecule has 1 aromatic carbocycles. The van der Waals surface area contributed by atoms with Gasteiger partial charge in [0.2, 0.25) is 0 Å². The van der Waals surface area contributed by atoms with Crippen LogP contribution < -0.4 is 10.9 Å². The number of aromatic nitrogens is 2. The molecule has 0 radical (unpaired) electrons. The molecule has 2 aromatic rings. The first-order chi connectivity index (χ1) is 11.5. The molecular formula is C17H22N4O3. The minimum atomic E-state index is -0.336. The number of urea groups is 1. The molecule has 1 aliphatic rings. The molecule has 1 fully saturated rings. The van der Waals surface area contributed by atoms with E-state index in [0.29, 0.717) is 12.2 Å². The minimum Gasteiger partial charge on any atom is -0.394 e. The maximum absolute atomic E-state index is 12.8. The average molecular weight is 330 g/mol. The fourth-order valence-corrected chi connectivity index (χ4v) is 3.18. The van der Waals surface area contributed by atoms with E-state index in [1.807, 2.05) is 30.3 Å². The van der Waals surface area contributed by atoms with Crippen LogP contribution in [-0.4, -0.2) is 44.6 Å². The summed E-state index contributed by atoms with van der Waals surface area (Å²) in [6, 6.07) is 8.78. The first-order valence-corrected chi connectivity index (χ1v) is 8.07. The van der Waals surface area contributed by atoms with Gasteiger partial charge in [0, 0.05) is 13.6 Å². The Morgan fingerprint density at radius 1 is 1.33 bits per heavy atom. The molecule has 1 aromatic heterocycles. The third-order valence-electron chi connectivity index (χ3n) is 4.63. The molecule has 1 atom stereocenters. The van der Waals surface area contributed by atoms with Gasteiger partial charge in [0.1, 0.15) is 5.69 Å². The molecule has 2 amide bonds. The Bertz CT molecular complexity index is 794. The summed E-state index contributed by atoms with van der Waals surface area (Å²) in [4.78, 5) is 26.9. The minimum absolute atomic E-state index is 0.0601. The van der Waals surface area contributed by atoms with Crippen LogP contribution >= 0.6 is 0 Å². The molecule has 0 saturated carbocycles. The number of aliphatic hydroxyl groups is 1. The molecule has 0 unspecified atom stereocenters. The van der Waals surface area contributed by atoms with Gasteiger partial charge in [0.05, 0.1) is 24.0 Å². The van der Waals surface area contributed by atoms with Crippen LogP contribution in [0, 0.1) is 6.92 Å². The zero-order chi connectivity index (χ0) is 17.3. The number of amides is 2. The molecular weight excluding hydrogens is 308 g/mol. The van der Waals surface area contributed by atoms with Crippen molar-refractivity contribution in [3.05, 3.63) is 46.4 Å². The van der Waals surface area contributed by atoms with Crippen LogP contribution in [0.4, 0.5) is 10.5 Å². The summed E-state index contributed by atoms with van der Waals surface area (Å²) in [5, 5.41) is 12.1. The van der Waals surface area contributed by atoms with E-state index in [4.69, 9.17) is 0 Å². The fourth-order valence-electron chi connectivity index (χ4n) is 3.18. The summed E-state index contributed by atoms with van der Waals surface area (Å²) >= 11 is 0. The monoisotopic (exact) mass is 330 g/mol. The highest BCUT2D eigenvalue weighted by Crippen LogP contribution is 2.19. The normalized spacial score (nSPS) is 17.3. The second-order valence-corrected chi connectivity index (χ2v) is 6.04.